The van der Waals surface area contributed by atoms with Crippen molar-refractivity contribution in [2.75, 3.05) is 6.54 Å². The molecular formula is C15H22F3NS. The zero-order valence-electron chi connectivity index (χ0n) is 12.0. The monoisotopic (exact) mass is 305 g/mol. The Morgan fingerprint density at radius 3 is 2.70 bits per heavy atom. The predicted octanol–water partition coefficient (Wildman–Crippen LogP) is 5.08. The number of hydrogen-bond donors (Lipinski definition) is 1. The van der Waals surface area contributed by atoms with Crippen LogP contribution in [0.4, 0.5) is 13.2 Å². The summed E-state index contributed by atoms with van der Waals surface area (Å²) in [6.45, 7) is 4.84. The summed E-state index contributed by atoms with van der Waals surface area (Å²) >= 11 is 1.66. The molecular weight excluding hydrogens is 283 g/mol. The first-order valence-electron chi connectivity index (χ1n) is 7.27. The molecule has 1 nitrogen and oxygen atoms in total. The molecule has 1 saturated carbocycles. The molecule has 0 bridgehead atoms. The van der Waals surface area contributed by atoms with E-state index in [-0.39, 0.29) is 18.4 Å². The average molecular weight is 305 g/mol. The normalized spacial score (nSPS) is 25.6. The predicted molar refractivity (Wildman–Crippen MR) is 77.0 cm³/mol. The van der Waals surface area contributed by atoms with E-state index in [0.717, 1.165) is 13.0 Å². The fourth-order valence-corrected chi connectivity index (χ4v) is 4.32. The fourth-order valence-electron chi connectivity index (χ4n) is 3.22. The third-order valence-corrected chi connectivity index (χ3v) is 5.36. The lowest BCUT2D eigenvalue weighted by Gasteiger charge is -2.35. The van der Waals surface area contributed by atoms with Gasteiger partial charge in [0.05, 0.1) is 5.92 Å². The SMILES string of the molecule is CCNC(c1sccc1C)C1CCCC(C(F)(F)F)C1. The van der Waals surface area contributed by atoms with Gasteiger partial charge in [0.2, 0.25) is 0 Å². The van der Waals surface area contributed by atoms with Gasteiger partial charge in [-0.05, 0) is 55.7 Å². The van der Waals surface area contributed by atoms with Gasteiger partial charge in [0.25, 0.3) is 0 Å². The fraction of sp³-hybridized carbons (Fsp3) is 0.733. The number of rotatable bonds is 4. The minimum Gasteiger partial charge on any atom is -0.309 e. The molecule has 1 aromatic rings. The van der Waals surface area contributed by atoms with Gasteiger partial charge >= 0.3 is 6.18 Å². The average Bonchev–Trinajstić information content (AvgIpc) is 2.81. The molecule has 1 N–H and O–H groups in total. The second-order valence-electron chi connectivity index (χ2n) is 5.67. The maximum absolute atomic E-state index is 13.0. The van der Waals surface area contributed by atoms with E-state index < -0.39 is 12.1 Å². The molecule has 1 aliphatic rings. The maximum atomic E-state index is 13.0. The molecule has 0 spiro atoms. The maximum Gasteiger partial charge on any atom is 0.391 e. The highest BCUT2D eigenvalue weighted by Crippen LogP contribution is 2.45. The topological polar surface area (TPSA) is 12.0 Å². The van der Waals surface area contributed by atoms with Crippen molar-refractivity contribution < 1.29 is 13.2 Å². The summed E-state index contributed by atoms with van der Waals surface area (Å²) < 4.78 is 38.9. The highest BCUT2D eigenvalue weighted by molar-refractivity contribution is 7.10. The first-order valence-corrected chi connectivity index (χ1v) is 8.15. The van der Waals surface area contributed by atoms with Gasteiger partial charge in [0.15, 0.2) is 0 Å². The standard InChI is InChI=1S/C15H22F3NS/c1-3-19-13(14-10(2)7-8-20-14)11-5-4-6-12(9-11)15(16,17)18/h7-8,11-13,19H,3-6,9H2,1-2H3. The van der Waals surface area contributed by atoms with E-state index in [4.69, 9.17) is 0 Å². The summed E-state index contributed by atoms with van der Waals surface area (Å²) in [4.78, 5) is 1.21. The first kappa shape index (κ1) is 15.8. The number of nitrogens with one attached hydrogen (secondary N) is 1. The number of thiophene rings is 1. The van der Waals surface area contributed by atoms with E-state index in [2.05, 4.69) is 11.4 Å². The highest BCUT2D eigenvalue weighted by Gasteiger charge is 2.43. The largest absolute Gasteiger partial charge is 0.391 e. The summed E-state index contributed by atoms with van der Waals surface area (Å²) in [6, 6.07) is 2.12. The third kappa shape index (κ3) is 3.55. The van der Waals surface area contributed by atoms with Gasteiger partial charge in [0.1, 0.15) is 0 Å². The van der Waals surface area contributed by atoms with Gasteiger partial charge in [-0.25, -0.2) is 0 Å². The van der Waals surface area contributed by atoms with Gasteiger partial charge in [-0.1, -0.05) is 13.3 Å². The van der Waals surface area contributed by atoms with E-state index in [0.29, 0.717) is 12.8 Å². The second-order valence-corrected chi connectivity index (χ2v) is 6.62. The Balaban J connectivity index is 2.15. The molecule has 3 unspecified atom stereocenters. The molecule has 1 fully saturated rings. The molecule has 1 aliphatic carbocycles. The molecule has 1 aromatic heterocycles. The molecule has 5 heteroatoms. The summed E-state index contributed by atoms with van der Waals surface area (Å²) in [5, 5.41) is 5.44. The molecule has 0 aromatic carbocycles. The lowest BCUT2D eigenvalue weighted by molar-refractivity contribution is -0.186. The van der Waals surface area contributed by atoms with Crippen LogP contribution in [0.2, 0.25) is 0 Å². The Bertz CT molecular complexity index is 427. The molecule has 0 saturated heterocycles. The number of hydrogen-bond acceptors (Lipinski definition) is 2. The van der Waals surface area contributed by atoms with Crippen molar-refractivity contribution in [2.24, 2.45) is 11.8 Å². The van der Waals surface area contributed by atoms with Gasteiger partial charge in [-0.3, -0.25) is 0 Å². The van der Waals surface area contributed by atoms with Gasteiger partial charge < -0.3 is 5.32 Å². The zero-order valence-corrected chi connectivity index (χ0v) is 12.8. The van der Waals surface area contributed by atoms with Crippen molar-refractivity contribution in [2.45, 2.75) is 51.7 Å². The van der Waals surface area contributed by atoms with Crippen LogP contribution >= 0.6 is 11.3 Å². The second kappa shape index (κ2) is 6.48. The van der Waals surface area contributed by atoms with E-state index in [1.165, 1.54) is 10.4 Å². The van der Waals surface area contributed by atoms with Crippen molar-refractivity contribution in [3.8, 4) is 0 Å². The van der Waals surface area contributed by atoms with Crippen LogP contribution in [0.15, 0.2) is 11.4 Å². The Morgan fingerprint density at radius 2 is 2.15 bits per heavy atom. The van der Waals surface area contributed by atoms with E-state index in [1.54, 1.807) is 11.3 Å². The molecule has 2 rings (SSSR count). The molecule has 0 radical (unpaired) electrons. The highest BCUT2D eigenvalue weighted by atomic mass is 32.1. The first-order chi connectivity index (χ1) is 9.43. The van der Waals surface area contributed by atoms with Crippen LogP contribution in [0, 0.1) is 18.8 Å². The third-order valence-electron chi connectivity index (χ3n) is 4.26. The van der Waals surface area contributed by atoms with Crippen molar-refractivity contribution in [1.29, 1.82) is 0 Å². The van der Waals surface area contributed by atoms with Gasteiger partial charge in [0, 0.05) is 10.9 Å². The van der Waals surface area contributed by atoms with E-state index >= 15 is 0 Å². The van der Waals surface area contributed by atoms with Crippen LogP contribution in [0.3, 0.4) is 0 Å². The lowest BCUT2D eigenvalue weighted by Crippen LogP contribution is -2.35. The zero-order chi connectivity index (χ0) is 14.8. The van der Waals surface area contributed by atoms with Crippen LogP contribution in [0.5, 0.6) is 0 Å². The van der Waals surface area contributed by atoms with E-state index in [9.17, 15) is 13.2 Å². The molecule has 0 amide bonds. The Hall–Kier alpha value is -0.550. The number of alkyl halides is 3. The van der Waals surface area contributed by atoms with E-state index in [1.807, 2.05) is 19.2 Å². The minimum atomic E-state index is -4.04. The van der Waals surface area contributed by atoms with Crippen molar-refractivity contribution in [3.63, 3.8) is 0 Å². The van der Waals surface area contributed by atoms with Crippen LogP contribution in [-0.2, 0) is 0 Å². The van der Waals surface area contributed by atoms with Gasteiger partial charge in [-0.2, -0.15) is 13.2 Å². The number of halogens is 3. The lowest BCUT2D eigenvalue weighted by atomic mass is 9.76. The van der Waals surface area contributed by atoms with Crippen LogP contribution in [0.1, 0.15) is 49.1 Å². The summed E-state index contributed by atoms with van der Waals surface area (Å²) in [6.07, 6.45) is -1.91. The van der Waals surface area contributed by atoms with Crippen molar-refractivity contribution in [3.05, 3.63) is 21.9 Å². The van der Waals surface area contributed by atoms with Gasteiger partial charge in [-0.15, -0.1) is 11.3 Å². The number of aryl methyl sites for hydroxylation is 1. The quantitative estimate of drug-likeness (QED) is 0.818. The summed E-state index contributed by atoms with van der Waals surface area (Å²) in [5.41, 5.74) is 1.19. The van der Waals surface area contributed by atoms with Crippen molar-refractivity contribution >= 4 is 11.3 Å². The summed E-state index contributed by atoms with van der Waals surface area (Å²) in [5.74, 6) is -1.03. The Morgan fingerprint density at radius 1 is 1.40 bits per heavy atom. The smallest absolute Gasteiger partial charge is 0.309 e. The Kier molecular flexibility index (Phi) is 5.13. The molecule has 114 valence electrons. The molecule has 1 heterocycles. The Labute approximate surface area is 122 Å². The van der Waals surface area contributed by atoms with Crippen LogP contribution < -0.4 is 5.32 Å². The molecule has 0 aliphatic heterocycles. The molecule has 20 heavy (non-hydrogen) atoms. The minimum absolute atomic E-state index is 0.0742. The van der Waals surface area contributed by atoms with Crippen molar-refractivity contribution in [1.82, 2.24) is 5.32 Å². The molecule has 3 atom stereocenters. The van der Waals surface area contributed by atoms with Crippen LogP contribution in [0.25, 0.3) is 0 Å². The van der Waals surface area contributed by atoms with Crippen LogP contribution in [-0.4, -0.2) is 12.7 Å². The summed E-state index contributed by atoms with van der Waals surface area (Å²) in [7, 11) is 0.